The van der Waals surface area contributed by atoms with Gasteiger partial charge in [0.2, 0.25) is 5.90 Å². The molecule has 1 aliphatic rings. The molecule has 0 amide bonds. The lowest BCUT2D eigenvalue weighted by molar-refractivity contribution is 0.353. The van der Waals surface area contributed by atoms with Crippen LogP contribution in [0.1, 0.15) is 5.56 Å². The van der Waals surface area contributed by atoms with Gasteiger partial charge in [0.1, 0.15) is 6.61 Å². The molecule has 1 aliphatic heterocycles. The van der Waals surface area contributed by atoms with Crippen molar-refractivity contribution in [1.29, 1.82) is 0 Å². The lowest BCUT2D eigenvalue weighted by atomic mass is 10.1. The summed E-state index contributed by atoms with van der Waals surface area (Å²) in [6.07, 6.45) is 1.73. The Kier molecular flexibility index (Phi) is 2.00. The maximum Gasteiger partial charge on any atom is 0.222 e. The number of nitrogens with zero attached hydrogens (tertiary/aromatic N) is 1. The van der Waals surface area contributed by atoms with Crippen LogP contribution in [0, 0.1) is 0 Å². The van der Waals surface area contributed by atoms with Crippen molar-refractivity contribution >= 4 is 22.4 Å². The van der Waals surface area contributed by atoms with Gasteiger partial charge in [-0.15, -0.1) is 0 Å². The van der Waals surface area contributed by atoms with Gasteiger partial charge < -0.3 is 4.74 Å². The SMILES string of the molecule is C=CCOC1=Nc2cccc3cccc1c23. The maximum absolute atomic E-state index is 5.56. The molecule has 0 spiro atoms. The highest BCUT2D eigenvalue weighted by Crippen LogP contribution is 2.35. The first-order valence-corrected chi connectivity index (χ1v) is 5.24. The smallest absolute Gasteiger partial charge is 0.222 e. The molecule has 0 aromatic heterocycles. The summed E-state index contributed by atoms with van der Waals surface area (Å²) in [5.74, 6) is 0.701. The van der Waals surface area contributed by atoms with Crippen LogP contribution in [0.5, 0.6) is 0 Å². The number of hydrogen-bond donors (Lipinski definition) is 0. The Morgan fingerprint density at radius 1 is 1.19 bits per heavy atom. The first kappa shape index (κ1) is 9.16. The van der Waals surface area contributed by atoms with Gasteiger partial charge >= 0.3 is 0 Å². The average Bonchev–Trinajstić information content (AvgIpc) is 2.68. The van der Waals surface area contributed by atoms with Crippen LogP contribution >= 0.6 is 0 Å². The van der Waals surface area contributed by atoms with Gasteiger partial charge in [0.15, 0.2) is 0 Å². The number of benzene rings is 2. The van der Waals surface area contributed by atoms with Crippen LogP contribution in [0.3, 0.4) is 0 Å². The summed E-state index contributed by atoms with van der Waals surface area (Å²) in [6.45, 7) is 4.13. The summed E-state index contributed by atoms with van der Waals surface area (Å²) in [7, 11) is 0. The zero-order valence-electron chi connectivity index (χ0n) is 8.81. The molecule has 0 radical (unpaired) electrons. The van der Waals surface area contributed by atoms with E-state index in [-0.39, 0.29) is 0 Å². The zero-order valence-corrected chi connectivity index (χ0v) is 8.81. The third-order valence-corrected chi connectivity index (χ3v) is 2.67. The Morgan fingerprint density at radius 3 is 2.81 bits per heavy atom. The van der Waals surface area contributed by atoms with Gasteiger partial charge in [-0.1, -0.05) is 36.9 Å². The van der Waals surface area contributed by atoms with Crippen molar-refractivity contribution in [2.24, 2.45) is 4.99 Å². The maximum atomic E-state index is 5.56. The van der Waals surface area contributed by atoms with E-state index >= 15 is 0 Å². The molecule has 0 fully saturated rings. The topological polar surface area (TPSA) is 21.6 Å². The van der Waals surface area contributed by atoms with Gasteiger partial charge in [-0.3, -0.25) is 0 Å². The fourth-order valence-electron chi connectivity index (χ4n) is 2.01. The van der Waals surface area contributed by atoms with Crippen LogP contribution in [-0.2, 0) is 4.74 Å². The molecule has 2 nitrogen and oxygen atoms in total. The van der Waals surface area contributed by atoms with E-state index in [2.05, 4.69) is 23.7 Å². The Morgan fingerprint density at radius 2 is 2.00 bits per heavy atom. The van der Waals surface area contributed by atoms with E-state index in [0.29, 0.717) is 12.5 Å². The Bertz CT molecular complexity index is 593. The van der Waals surface area contributed by atoms with E-state index < -0.39 is 0 Å². The molecular formula is C14H11NO. The molecule has 78 valence electrons. The van der Waals surface area contributed by atoms with Crippen molar-refractivity contribution in [3.63, 3.8) is 0 Å². The van der Waals surface area contributed by atoms with E-state index in [4.69, 9.17) is 4.74 Å². The van der Waals surface area contributed by atoms with Crippen molar-refractivity contribution in [3.8, 4) is 0 Å². The predicted molar refractivity (Wildman–Crippen MR) is 66.3 cm³/mol. The minimum absolute atomic E-state index is 0.489. The average molecular weight is 209 g/mol. The van der Waals surface area contributed by atoms with Crippen LogP contribution < -0.4 is 0 Å². The second kappa shape index (κ2) is 3.49. The Balaban J connectivity index is 2.18. The highest BCUT2D eigenvalue weighted by Gasteiger charge is 2.18. The molecule has 2 heteroatoms. The molecule has 0 bridgehead atoms. The van der Waals surface area contributed by atoms with Gasteiger partial charge in [0, 0.05) is 10.9 Å². The van der Waals surface area contributed by atoms with Crippen molar-refractivity contribution in [2.75, 3.05) is 6.61 Å². The summed E-state index contributed by atoms with van der Waals surface area (Å²) in [4.78, 5) is 4.48. The first-order chi connectivity index (χ1) is 7.90. The van der Waals surface area contributed by atoms with E-state index in [0.717, 1.165) is 11.3 Å². The molecule has 1 heterocycles. The van der Waals surface area contributed by atoms with Gasteiger partial charge in [-0.05, 0) is 17.5 Å². The van der Waals surface area contributed by atoms with Gasteiger partial charge in [-0.2, -0.15) is 0 Å². The van der Waals surface area contributed by atoms with Gasteiger partial charge in [0.25, 0.3) is 0 Å². The normalized spacial score (nSPS) is 12.6. The summed E-state index contributed by atoms with van der Waals surface area (Å²) < 4.78 is 5.56. The molecule has 3 rings (SSSR count). The minimum atomic E-state index is 0.489. The monoisotopic (exact) mass is 209 g/mol. The second-order valence-electron chi connectivity index (χ2n) is 3.70. The quantitative estimate of drug-likeness (QED) is 0.694. The largest absolute Gasteiger partial charge is 0.473 e. The second-order valence-corrected chi connectivity index (χ2v) is 3.70. The molecular weight excluding hydrogens is 198 g/mol. The molecule has 0 saturated carbocycles. The molecule has 0 saturated heterocycles. The van der Waals surface area contributed by atoms with Crippen LogP contribution in [0.4, 0.5) is 5.69 Å². The summed E-state index contributed by atoms with van der Waals surface area (Å²) in [5, 5.41) is 2.39. The van der Waals surface area contributed by atoms with E-state index in [1.807, 2.05) is 24.3 Å². The molecule has 0 aliphatic carbocycles. The van der Waals surface area contributed by atoms with E-state index in [9.17, 15) is 0 Å². The van der Waals surface area contributed by atoms with Crippen LogP contribution in [0.2, 0.25) is 0 Å². The van der Waals surface area contributed by atoms with Crippen LogP contribution in [-0.4, -0.2) is 12.5 Å². The minimum Gasteiger partial charge on any atom is -0.473 e. The number of ether oxygens (including phenoxy) is 1. The third-order valence-electron chi connectivity index (χ3n) is 2.67. The molecule has 2 aromatic rings. The lowest BCUT2D eigenvalue weighted by Crippen LogP contribution is -2.03. The number of rotatable bonds is 2. The van der Waals surface area contributed by atoms with Crippen molar-refractivity contribution in [3.05, 3.63) is 54.6 Å². The van der Waals surface area contributed by atoms with E-state index in [1.54, 1.807) is 6.08 Å². The fourth-order valence-corrected chi connectivity index (χ4v) is 2.01. The zero-order chi connectivity index (χ0) is 11.0. The fraction of sp³-hybridized carbons (Fsp3) is 0.0714. The molecule has 0 N–H and O–H groups in total. The molecule has 2 aromatic carbocycles. The molecule has 0 unspecified atom stereocenters. The van der Waals surface area contributed by atoms with Crippen LogP contribution in [0.15, 0.2) is 54.0 Å². The lowest BCUT2D eigenvalue weighted by Gasteiger charge is -2.03. The third kappa shape index (κ3) is 1.23. The highest BCUT2D eigenvalue weighted by atomic mass is 16.5. The number of aliphatic imine (C=N–C) groups is 1. The van der Waals surface area contributed by atoms with Crippen LogP contribution in [0.25, 0.3) is 10.8 Å². The van der Waals surface area contributed by atoms with Crippen molar-refractivity contribution in [2.45, 2.75) is 0 Å². The highest BCUT2D eigenvalue weighted by molar-refractivity contribution is 6.16. The molecule has 0 atom stereocenters. The summed E-state index contributed by atoms with van der Waals surface area (Å²) >= 11 is 0. The number of hydrogen-bond acceptors (Lipinski definition) is 2. The molecule has 16 heavy (non-hydrogen) atoms. The first-order valence-electron chi connectivity index (χ1n) is 5.24. The van der Waals surface area contributed by atoms with Gasteiger partial charge in [0.05, 0.1) is 5.69 Å². The summed E-state index contributed by atoms with van der Waals surface area (Å²) in [6, 6.07) is 12.3. The summed E-state index contributed by atoms with van der Waals surface area (Å²) in [5.41, 5.74) is 2.07. The Labute approximate surface area is 93.9 Å². The van der Waals surface area contributed by atoms with E-state index in [1.165, 1.54) is 10.8 Å². The Hall–Kier alpha value is -2.09. The van der Waals surface area contributed by atoms with Crippen molar-refractivity contribution in [1.82, 2.24) is 0 Å². The standard InChI is InChI=1S/C14H11NO/c1-2-9-16-14-11-7-3-5-10-6-4-8-12(15-14)13(10)11/h2-8H,1,9H2. The predicted octanol–water partition coefficient (Wildman–Crippen LogP) is 3.43. The van der Waals surface area contributed by atoms with Crippen molar-refractivity contribution < 1.29 is 4.74 Å². The van der Waals surface area contributed by atoms with Gasteiger partial charge in [-0.25, -0.2) is 4.99 Å².